The highest BCUT2D eigenvalue weighted by Crippen LogP contribution is 2.18. The van der Waals surface area contributed by atoms with Crippen LogP contribution in [0.2, 0.25) is 0 Å². The van der Waals surface area contributed by atoms with Crippen molar-refractivity contribution in [3.8, 4) is 0 Å². The summed E-state index contributed by atoms with van der Waals surface area (Å²) in [5.74, 6) is 0.0970. The minimum absolute atomic E-state index is 0.0918. The molecule has 1 fully saturated rings. The molecule has 2 N–H and O–H groups in total. The van der Waals surface area contributed by atoms with Crippen LogP contribution in [0.25, 0.3) is 0 Å². The fraction of sp³-hybridized carbons (Fsp3) is 0.778. The number of carbonyl (C=O) groups is 2. The van der Waals surface area contributed by atoms with E-state index < -0.39 is 0 Å². The van der Waals surface area contributed by atoms with Crippen molar-refractivity contribution in [1.29, 1.82) is 0 Å². The highest BCUT2D eigenvalue weighted by molar-refractivity contribution is 5.75. The standard InChI is InChI=1S/C9H16N2O2/c1-7(12)11-4-2-3-8(6-11)5-9(10)13/h8H,2-6H2,1H3,(H2,10,13). The monoisotopic (exact) mass is 184 g/mol. The van der Waals surface area contributed by atoms with Crippen LogP contribution in [-0.4, -0.2) is 29.8 Å². The van der Waals surface area contributed by atoms with Crippen LogP contribution >= 0.6 is 0 Å². The molecule has 13 heavy (non-hydrogen) atoms. The number of likely N-dealkylation sites (tertiary alicyclic amines) is 1. The maximum atomic E-state index is 11.0. The van der Waals surface area contributed by atoms with Gasteiger partial charge in [-0.1, -0.05) is 0 Å². The second-order valence-corrected chi connectivity index (χ2v) is 3.64. The minimum atomic E-state index is -0.268. The first-order chi connectivity index (χ1) is 6.09. The molecule has 0 aromatic carbocycles. The Morgan fingerprint density at radius 1 is 1.54 bits per heavy atom. The number of carbonyl (C=O) groups excluding carboxylic acids is 2. The summed E-state index contributed by atoms with van der Waals surface area (Å²) in [6.07, 6.45) is 2.40. The zero-order chi connectivity index (χ0) is 9.84. The van der Waals surface area contributed by atoms with Crippen molar-refractivity contribution in [2.24, 2.45) is 11.7 Å². The molecule has 74 valence electrons. The first kappa shape index (κ1) is 10.0. The molecule has 1 heterocycles. The van der Waals surface area contributed by atoms with Gasteiger partial charge in [-0.05, 0) is 18.8 Å². The van der Waals surface area contributed by atoms with E-state index in [4.69, 9.17) is 5.73 Å². The molecule has 0 bridgehead atoms. The summed E-state index contributed by atoms with van der Waals surface area (Å²) in [5, 5.41) is 0. The molecule has 0 aromatic rings. The van der Waals surface area contributed by atoms with Gasteiger partial charge in [-0.25, -0.2) is 0 Å². The van der Waals surface area contributed by atoms with Crippen LogP contribution in [0.3, 0.4) is 0 Å². The maximum Gasteiger partial charge on any atom is 0.219 e. The first-order valence-corrected chi connectivity index (χ1v) is 4.63. The molecule has 4 nitrogen and oxygen atoms in total. The third kappa shape index (κ3) is 3.05. The van der Waals surface area contributed by atoms with E-state index in [0.717, 1.165) is 19.4 Å². The number of nitrogens with zero attached hydrogens (tertiary/aromatic N) is 1. The van der Waals surface area contributed by atoms with E-state index in [1.807, 2.05) is 0 Å². The molecular weight excluding hydrogens is 168 g/mol. The van der Waals surface area contributed by atoms with Crippen LogP contribution in [0, 0.1) is 5.92 Å². The van der Waals surface area contributed by atoms with Crippen molar-refractivity contribution in [3.63, 3.8) is 0 Å². The summed E-state index contributed by atoms with van der Waals surface area (Å²) < 4.78 is 0. The molecule has 1 aliphatic heterocycles. The quantitative estimate of drug-likeness (QED) is 0.662. The van der Waals surface area contributed by atoms with E-state index in [1.165, 1.54) is 0 Å². The lowest BCUT2D eigenvalue weighted by molar-refractivity contribution is -0.131. The van der Waals surface area contributed by atoms with Crippen LogP contribution in [0.4, 0.5) is 0 Å². The van der Waals surface area contributed by atoms with Crippen molar-refractivity contribution in [2.75, 3.05) is 13.1 Å². The van der Waals surface area contributed by atoms with E-state index in [2.05, 4.69) is 0 Å². The van der Waals surface area contributed by atoms with Gasteiger partial charge in [-0.3, -0.25) is 9.59 Å². The minimum Gasteiger partial charge on any atom is -0.370 e. The van der Waals surface area contributed by atoms with Gasteiger partial charge in [0, 0.05) is 26.4 Å². The lowest BCUT2D eigenvalue weighted by atomic mass is 9.94. The summed E-state index contributed by atoms with van der Waals surface area (Å²) >= 11 is 0. The number of primary amides is 1. The largest absolute Gasteiger partial charge is 0.370 e. The molecular formula is C9H16N2O2. The molecule has 0 radical (unpaired) electrons. The van der Waals surface area contributed by atoms with Gasteiger partial charge < -0.3 is 10.6 Å². The number of hydrogen-bond acceptors (Lipinski definition) is 2. The fourth-order valence-corrected chi connectivity index (χ4v) is 1.80. The zero-order valence-electron chi connectivity index (χ0n) is 7.95. The molecule has 1 saturated heterocycles. The summed E-state index contributed by atoms with van der Waals surface area (Å²) in [4.78, 5) is 23.5. The molecule has 0 aromatic heterocycles. The van der Waals surface area contributed by atoms with Crippen molar-refractivity contribution in [2.45, 2.75) is 26.2 Å². The molecule has 1 rings (SSSR count). The van der Waals surface area contributed by atoms with Gasteiger partial charge >= 0.3 is 0 Å². The zero-order valence-corrected chi connectivity index (χ0v) is 7.95. The number of piperidine rings is 1. The Hall–Kier alpha value is -1.06. The summed E-state index contributed by atoms with van der Waals surface area (Å²) in [6.45, 7) is 3.08. The Kier molecular flexibility index (Phi) is 3.28. The van der Waals surface area contributed by atoms with E-state index in [1.54, 1.807) is 11.8 Å². The molecule has 1 atom stereocenters. The molecule has 0 spiro atoms. The molecule has 0 aliphatic carbocycles. The normalized spacial score (nSPS) is 22.8. The van der Waals surface area contributed by atoms with Gasteiger partial charge in [-0.2, -0.15) is 0 Å². The Morgan fingerprint density at radius 2 is 2.23 bits per heavy atom. The van der Waals surface area contributed by atoms with Gasteiger partial charge in [0.1, 0.15) is 0 Å². The van der Waals surface area contributed by atoms with E-state index >= 15 is 0 Å². The van der Waals surface area contributed by atoms with Gasteiger partial charge in [0.05, 0.1) is 0 Å². The summed E-state index contributed by atoms with van der Waals surface area (Å²) in [6, 6.07) is 0. The maximum absolute atomic E-state index is 11.0. The van der Waals surface area contributed by atoms with Crippen LogP contribution in [-0.2, 0) is 9.59 Å². The Labute approximate surface area is 78.1 Å². The van der Waals surface area contributed by atoms with E-state index in [-0.39, 0.29) is 17.7 Å². The van der Waals surface area contributed by atoms with Crippen molar-refractivity contribution < 1.29 is 9.59 Å². The summed E-state index contributed by atoms with van der Waals surface area (Å²) in [7, 11) is 0. The van der Waals surface area contributed by atoms with E-state index in [0.29, 0.717) is 13.0 Å². The van der Waals surface area contributed by atoms with Gasteiger partial charge in [-0.15, -0.1) is 0 Å². The van der Waals surface area contributed by atoms with Crippen molar-refractivity contribution in [1.82, 2.24) is 4.90 Å². The SMILES string of the molecule is CC(=O)N1CCCC(CC(N)=O)C1. The Morgan fingerprint density at radius 3 is 2.77 bits per heavy atom. The molecule has 2 amide bonds. The van der Waals surface area contributed by atoms with Gasteiger partial charge in [0.25, 0.3) is 0 Å². The predicted molar refractivity (Wildman–Crippen MR) is 48.8 cm³/mol. The molecule has 4 heteroatoms. The van der Waals surface area contributed by atoms with Gasteiger partial charge in [0.2, 0.25) is 11.8 Å². The lowest BCUT2D eigenvalue weighted by Crippen LogP contribution is -2.39. The topological polar surface area (TPSA) is 63.4 Å². The average molecular weight is 184 g/mol. The summed E-state index contributed by atoms with van der Waals surface area (Å²) in [5.41, 5.74) is 5.10. The third-order valence-electron chi connectivity index (χ3n) is 2.45. The van der Waals surface area contributed by atoms with Crippen molar-refractivity contribution in [3.05, 3.63) is 0 Å². The number of amides is 2. The molecule has 1 unspecified atom stereocenters. The highest BCUT2D eigenvalue weighted by atomic mass is 16.2. The fourth-order valence-electron chi connectivity index (χ4n) is 1.80. The Balaban J connectivity index is 2.41. The van der Waals surface area contributed by atoms with Crippen LogP contribution in [0.1, 0.15) is 26.2 Å². The number of rotatable bonds is 2. The smallest absolute Gasteiger partial charge is 0.219 e. The van der Waals surface area contributed by atoms with Gasteiger partial charge in [0.15, 0.2) is 0 Å². The van der Waals surface area contributed by atoms with Crippen LogP contribution in [0.15, 0.2) is 0 Å². The second kappa shape index (κ2) is 4.25. The predicted octanol–water partition coefficient (Wildman–Crippen LogP) is 0.120. The average Bonchev–Trinajstić information content (AvgIpc) is 2.03. The lowest BCUT2D eigenvalue weighted by Gasteiger charge is -2.31. The molecule has 1 aliphatic rings. The van der Waals surface area contributed by atoms with E-state index in [9.17, 15) is 9.59 Å². The van der Waals surface area contributed by atoms with Crippen LogP contribution in [0.5, 0.6) is 0 Å². The molecule has 0 saturated carbocycles. The second-order valence-electron chi connectivity index (χ2n) is 3.64. The number of hydrogen-bond donors (Lipinski definition) is 1. The van der Waals surface area contributed by atoms with Crippen LogP contribution < -0.4 is 5.73 Å². The van der Waals surface area contributed by atoms with Crippen molar-refractivity contribution >= 4 is 11.8 Å². The highest BCUT2D eigenvalue weighted by Gasteiger charge is 2.22. The Bertz CT molecular complexity index is 216. The number of nitrogens with two attached hydrogens (primary N) is 1. The third-order valence-corrected chi connectivity index (χ3v) is 2.45. The first-order valence-electron chi connectivity index (χ1n) is 4.63.